The molecule has 2 aromatic carbocycles. The highest BCUT2D eigenvalue weighted by Gasteiger charge is 2.22. The third-order valence-corrected chi connectivity index (χ3v) is 5.54. The van der Waals surface area contributed by atoms with Crippen molar-refractivity contribution in [1.82, 2.24) is 20.3 Å². The van der Waals surface area contributed by atoms with E-state index in [1.54, 1.807) is 30.3 Å². The maximum atomic E-state index is 11.9. The minimum Gasteiger partial charge on any atom is -0.494 e. The van der Waals surface area contributed by atoms with Crippen LogP contribution in [-0.4, -0.2) is 60.3 Å². The first-order valence-corrected chi connectivity index (χ1v) is 11.0. The number of ether oxygens (including phenoxy) is 2. The average molecular weight is 492 g/mol. The van der Waals surface area contributed by atoms with E-state index in [-0.39, 0.29) is 24.8 Å². The Morgan fingerprint density at radius 1 is 1.25 bits per heavy atom. The predicted octanol–water partition coefficient (Wildman–Crippen LogP) is 4.08. The SMILES string of the molecule is CNC(=O)OCCN(C)c1cc(OC)c(Nc2nccc(-c3c[nH]c4ccccc34)n2)cc1[N+](=O)[O-]. The van der Waals surface area contributed by atoms with E-state index in [1.165, 1.54) is 20.2 Å². The number of alkyl carbamates (subject to hydrolysis) is 1. The summed E-state index contributed by atoms with van der Waals surface area (Å²) in [6.45, 7) is 0.282. The summed E-state index contributed by atoms with van der Waals surface area (Å²) in [7, 11) is 4.58. The molecule has 0 aliphatic heterocycles. The van der Waals surface area contributed by atoms with Crippen LogP contribution in [0.25, 0.3) is 22.2 Å². The number of para-hydroxylation sites is 1. The lowest BCUT2D eigenvalue weighted by Gasteiger charge is -2.21. The third kappa shape index (κ3) is 5.12. The molecule has 36 heavy (non-hydrogen) atoms. The van der Waals surface area contributed by atoms with Gasteiger partial charge in [0.25, 0.3) is 5.69 Å². The Morgan fingerprint density at radius 2 is 2.06 bits per heavy atom. The van der Waals surface area contributed by atoms with Crippen molar-refractivity contribution < 1.29 is 19.2 Å². The number of aromatic nitrogens is 3. The normalized spacial score (nSPS) is 10.6. The van der Waals surface area contributed by atoms with Crippen LogP contribution in [0.3, 0.4) is 0 Å². The van der Waals surface area contributed by atoms with E-state index in [9.17, 15) is 14.9 Å². The number of anilines is 3. The topological polar surface area (TPSA) is 148 Å². The van der Waals surface area contributed by atoms with E-state index >= 15 is 0 Å². The zero-order valence-electron chi connectivity index (χ0n) is 19.9. The van der Waals surface area contributed by atoms with Crippen molar-refractivity contribution in [2.24, 2.45) is 0 Å². The van der Waals surface area contributed by atoms with Gasteiger partial charge in [0.1, 0.15) is 18.0 Å². The minimum absolute atomic E-state index is 0.0457. The van der Waals surface area contributed by atoms with E-state index in [2.05, 4.69) is 25.6 Å². The first kappa shape index (κ1) is 24.3. The summed E-state index contributed by atoms with van der Waals surface area (Å²) in [6, 6.07) is 12.6. The van der Waals surface area contributed by atoms with Gasteiger partial charge in [-0.05, 0) is 12.1 Å². The molecule has 0 aliphatic carbocycles. The van der Waals surface area contributed by atoms with Gasteiger partial charge in [-0.2, -0.15) is 0 Å². The number of methoxy groups -OCH3 is 1. The summed E-state index contributed by atoms with van der Waals surface area (Å²) >= 11 is 0. The van der Waals surface area contributed by atoms with Gasteiger partial charge >= 0.3 is 6.09 Å². The number of aromatic amines is 1. The summed E-state index contributed by atoms with van der Waals surface area (Å²) in [5.74, 6) is 0.612. The highest BCUT2D eigenvalue weighted by Crippen LogP contribution is 2.39. The number of nitrogens with one attached hydrogen (secondary N) is 3. The number of fused-ring (bicyclic) bond motifs is 1. The molecule has 0 aliphatic rings. The number of amides is 1. The van der Waals surface area contributed by atoms with Gasteiger partial charge in [0, 0.05) is 55.1 Å². The highest BCUT2D eigenvalue weighted by molar-refractivity contribution is 5.94. The molecule has 1 amide bonds. The maximum Gasteiger partial charge on any atom is 0.406 e. The fourth-order valence-corrected chi connectivity index (χ4v) is 3.72. The second-order valence-electron chi connectivity index (χ2n) is 7.74. The first-order valence-electron chi connectivity index (χ1n) is 11.0. The van der Waals surface area contributed by atoms with Crippen LogP contribution in [0.15, 0.2) is 54.9 Å². The number of hydrogen-bond donors (Lipinski definition) is 3. The Hall–Kier alpha value is -4.87. The van der Waals surface area contributed by atoms with Crippen molar-refractivity contribution in [2.75, 3.05) is 44.6 Å². The number of nitrogens with zero attached hydrogens (tertiary/aromatic N) is 4. The van der Waals surface area contributed by atoms with Crippen molar-refractivity contribution in [3.05, 3.63) is 65.0 Å². The van der Waals surface area contributed by atoms with Crippen LogP contribution < -0.4 is 20.3 Å². The fraction of sp³-hybridized carbons (Fsp3) is 0.208. The zero-order chi connectivity index (χ0) is 25.7. The van der Waals surface area contributed by atoms with Crippen LogP contribution in [0.5, 0.6) is 5.75 Å². The maximum absolute atomic E-state index is 11.9. The molecular weight excluding hydrogens is 466 g/mol. The molecule has 0 atom stereocenters. The Morgan fingerprint density at radius 3 is 2.81 bits per heavy atom. The number of rotatable bonds is 9. The van der Waals surface area contributed by atoms with Crippen LogP contribution in [0.4, 0.5) is 27.8 Å². The second-order valence-corrected chi connectivity index (χ2v) is 7.74. The molecule has 12 heteroatoms. The summed E-state index contributed by atoms with van der Waals surface area (Å²) < 4.78 is 10.5. The quantitative estimate of drug-likeness (QED) is 0.233. The largest absolute Gasteiger partial charge is 0.494 e. The van der Waals surface area contributed by atoms with Gasteiger partial charge in [0.2, 0.25) is 5.95 Å². The lowest BCUT2D eigenvalue weighted by atomic mass is 10.1. The molecule has 0 unspecified atom stereocenters. The van der Waals surface area contributed by atoms with Crippen molar-refractivity contribution in [1.29, 1.82) is 0 Å². The van der Waals surface area contributed by atoms with Crippen LogP contribution in [0.1, 0.15) is 0 Å². The molecule has 2 heterocycles. The van der Waals surface area contributed by atoms with Gasteiger partial charge < -0.3 is 30.0 Å². The van der Waals surface area contributed by atoms with E-state index in [1.807, 2.05) is 30.5 Å². The van der Waals surface area contributed by atoms with Crippen molar-refractivity contribution >= 4 is 40.0 Å². The van der Waals surface area contributed by atoms with E-state index in [0.29, 0.717) is 22.8 Å². The number of carbonyl (C=O) groups is 1. The standard InChI is InChI=1S/C24H25N7O5/c1-25-24(32)36-11-10-30(2)20-13-22(35-3)19(12-21(20)31(33)34)29-23-26-9-8-18(28-23)16-14-27-17-7-5-4-6-15(16)17/h4-9,12-14,27H,10-11H2,1-3H3,(H,25,32)(H,26,28,29). The van der Waals surface area contributed by atoms with Gasteiger partial charge in [-0.1, -0.05) is 18.2 Å². The Kier molecular flexibility index (Phi) is 7.14. The first-order chi connectivity index (χ1) is 17.4. The summed E-state index contributed by atoms with van der Waals surface area (Å²) in [5.41, 5.74) is 3.05. The van der Waals surface area contributed by atoms with Crippen molar-refractivity contribution in [2.45, 2.75) is 0 Å². The van der Waals surface area contributed by atoms with Gasteiger partial charge in [-0.25, -0.2) is 14.8 Å². The minimum atomic E-state index is -0.579. The molecule has 4 aromatic rings. The summed E-state index contributed by atoms with van der Waals surface area (Å²) in [4.78, 5) is 36.4. The lowest BCUT2D eigenvalue weighted by Crippen LogP contribution is -2.27. The molecule has 0 saturated heterocycles. The van der Waals surface area contributed by atoms with Crippen molar-refractivity contribution in [3.63, 3.8) is 0 Å². The molecule has 186 valence electrons. The number of nitro groups is 1. The Labute approximate surface area is 206 Å². The summed E-state index contributed by atoms with van der Waals surface area (Å²) in [5, 5.41) is 18.3. The van der Waals surface area contributed by atoms with Crippen molar-refractivity contribution in [3.8, 4) is 17.0 Å². The number of carbonyl (C=O) groups excluding carboxylic acids is 1. The molecular formula is C24H25N7O5. The van der Waals surface area contributed by atoms with Gasteiger partial charge in [0.05, 0.1) is 30.0 Å². The number of nitro benzene ring substituents is 1. The lowest BCUT2D eigenvalue weighted by molar-refractivity contribution is -0.384. The molecule has 12 nitrogen and oxygen atoms in total. The monoisotopic (exact) mass is 491 g/mol. The van der Waals surface area contributed by atoms with Gasteiger partial charge in [-0.15, -0.1) is 0 Å². The number of likely N-dealkylation sites (N-methyl/N-ethyl adjacent to an activating group) is 1. The molecule has 3 N–H and O–H groups in total. The fourth-order valence-electron chi connectivity index (χ4n) is 3.72. The van der Waals surface area contributed by atoms with E-state index in [4.69, 9.17) is 9.47 Å². The Bertz CT molecular complexity index is 1400. The molecule has 2 aromatic heterocycles. The average Bonchev–Trinajstić information content (AvgIpc) is 3.32. The van der Waals surface area contributed by atoms with E-state index < -0.39 is 11.0 Å². The number of benzene rings is 2. The van der Waals surface area contributed by atoms with Gasteiger partial charge in [0.15, 0.2) is 0 Å². The number of H-pyrrole nitrogens is 1. The van der Waals surface area contributed by atoms with Crippen LogP contribution in [0, 0.1) is 10.1 Å². The molecule has 0 bridgehead atoms. The van der Waals surface area contributed by atoms with Crippen LogP contribution in [0.2, 0.25) is 0 Å². The highest BCUT2D eigenvalue weighted by atomic mass is 16.6. The number of hydrogen-bond acceptors (Lipinski definition) is 9. The van der Waals surface area contributed by atoms with Crippen LogP contribution >= 0.6 is 0 Å². The predicted molar refractivity (Wildman–Crippen MR) is 136 cm³/mol. The van der Waals surface area contributed by atoms with Gasteiger partial charge in [-0.3, -0.25) is 10.1 Å². The Balaban J connectivity index is 1.62. The zero-order valence-corrected chi connectivity index (χ0v) is 19.9. The smallest absolute Gasteiger partial charge is 0.406 e. The molecule has 0 fully saturated rings. The third-order valence-electron chi connectivity index (χ3n) is 5.54. The van der Waals surface area contributed by atoms with E-state index in [0.717, 1.165) is 16.5 Å². The van der Waals surface area contributed by atoms with Crippen LogP contribution in [-0.2, 0) is 4.74 Å². The summed E-state index contributed by atoms with van der Waals surface area (Å²) in [6.07, 6.45) is 2.91. The molecule has 0 saturated carbocycles. The molecule has 0 spiro atoms. The molecule has 0 radical (unpaired) electrons. The molecule has 4 rings (SSSR count). The second kappa shape index (κ2) is 10.6.